The Balaban J connectivity index is 3.86. The van der Waals surface area contributed by atoms with Gasteiger partial charge in [0.15, 0.2) is 0 Å². The van der Waals surface area contributed by atoms with Crippen molar-refractivity contribution < 1.29 is 4.79 Å². The normalized spacial score (nSPS) is 11.8. The number of carbonyl (C=O) groups excluding carboxylic acids is 1. The minimum Gasteiger partial charge on any atom is -0.356 e. The molecular formula is C12H25N5O. The molecule has 0 aliphatic carbocycles. The Morgan fingerprint density at radius 2 is 1.94 bits per heavy atom. The maximum atomic E-state index is 11.6. The first kappa shape index (κ1) is 16.7. The van der Waals surface area contributed by atoms with Crippen LogP contribution in [-0.4, -0.2) is 30.6 Å². The van der Waals surface area contributed by atoms with Crippen molar-refractivity contribution in [1.29, 1.82) is 0 Å². The van der Waals surface area contributed by atoms with Crippen LogP contribution in [-0.2, 0) is 4.79 Å². The van der Waals surface area contributed by atoms with Crippen molar-refractivity contribution in [1.82, 2.24) is 10.6 Å². The topological polar surface area (TPSA) is 89.9 Å². The van der Waals surface area contributed by atoms with Gasteiger partial charge in [0, 0.05) is 29.0 Å². The summed E-state index contributed by atoms with van der Waals surface area (Å²) in [6.45, 7) is 8.36. The van der Waals surface area contributed by atoms with Gasteiger partial charge in [-0.15, -0.1) is 0 Å². The fourth-order valence-corrected chi connectivity index (χ4v) is 1.47. The second-order valence-electron chi connectivity index (χ2n) is 5.77. The van der Waals surface area contributed by atoms with Crippen molar-refractivity contribution >= 4 is 5.91 Å². The molecule has 0 unspecified atom stereocenters. The maximum Gasteiger partial charge on any atom is 0.221 e. The Kier molecular flexibility index (Phi) is 6.73. The fraction of sp³-hybridized carbons (Fsp3) is 0.917. The third-order valence-electron chi connectivity index (χ3n) is 2.88. The third-order valence-corrected chi connectivity index (χ3v) is 2.88. The average Bonchev–Trinajstić information content (AvgIpc) is 2.24. The Hall–Kier alpha value is -1.26. The molecule has 0 aromatic heterocycles. The van der Waals surface area contributed by atoms with Gasteiger partial charge in [0.2, 0.25) is 5.91 Å². The van der Waals surface area contributed by atoms with Crippen molar-refractivity contribution in [2.75, 3.05) is 13.6 Å². The van der Waals surface area contributed by atoms with Gasteiger partial charge in [0.05, 0.1) is 0 Å². The molecule has 0 heterocycles. The summed E-state index contributed by atoms with van der Waals surface area (Å²) in [6.07, 6.45) is 2.01. The molecule has 0 saturated carbocycles. The molecule has 6 heteroatoms. The molecule has 0 bridgehead atoms. The smallest absolute Gasteiger partial charge is 0.221 e. The van der Waals surface area contributed by atoms with Gasteiger partial charge in [0.1, 0.15) is 0 Å². The summed E-state index contributed by atoms with van der Waals surface area (Å²) >= 11 is 0. The van der Waals surface area contributed by atoms with E-state index in [0.717, 1.165) is 12.8 Å². The molecule has 0 atom stereocenters. The highest BCUT2D eigenvalue weighted by atomic mass is 16.1. The van der Waals surface area contributed by atoms with E-state index in [4.69, 9.17) is 5.53 Å². The lowest BCUT2D eigenvalue weighted by Gasteiger charge is -2.23. The van der Waals surface area contributed by atoms with Crippen LogP contribution >= 0.6 is 0 Å². The van der Waals surface area contributed by atoms with Crippen molar-refractivity contribution in [2.45, 2.75) is 58.0 Å². The summed E-state index contributed by atoms with van der Waals surface area (Å²) in [6, 6.07) is 0. The van der Waals surface area contributed by atoms with Gasteiger partial charge in [-0.25, -0.2) is 0 Å². The molecule has 0 saturated heterocycles. The number of carbonyl (C=O) groups is 1. The van der Waals surface area contributed by atoms with Crippen LogP contribution < -0.4 is 10.6 Å². The molecule has 0 aliphatic rings. The van der Waals surface area contributed by atoms with Crippen LogP contribution in [0.3, 0.4) is 0 Å². The number of nitrogens with one attached hydrogen (secondary N) is 2. The Labute approximate surface area is 109 Å². The second-order valence-corrected chi connectivity index (χ2v) is 5.77. The molecule has 6 nitrogen and oxygen atoms in total. The van der Waals surface area contributed by atoms with E-state index >= 15 is 0 Å². The molecule has 0 aliphatic heterocycles. The van der Waals surface area contributed by atoms with Crippen molar-refractivity contribution in [2.24, 2.45) is 5.11 Å². The molecule has 104 valence electrons. The zero-order valence-electron chi connectivity index (χ0n) is 12.1. The molecule has 0 aromatic carbocycles. The van der Waals surface area contributed by atoms with E-state index in [0.29, 0.717) is 13.0 Å². The zero-order valence-corrected chi connectivity index (χ0v) is 12.1. The van der Waals surface area contributed by atoms with Crippen LogP contribution in [0.4, 0.5) is 0 Å². The summed E-state index contributed by atoms with van der Waals surface area (Å²) in [5, 5.41) is 9.67. The van der Waals surface area contributed by atoms with Gasteiger partial charge in [-0.05, 0) is 39.3 Å². The molecule has 0 aromatic rings. The SMILES string of the molecule is CNC(C)(C)CC(=O)NCCCC(C)(C)N=[N+]=[N-]. The Morgan fingerprint density at radius 3 is 2.44 bits per heavy atom. The predicted octanol–water partition coefficient (Wildman–Crippen LogP) is 2.36. The second kappa shape index (κ2) is 7.24. The minimum absolute atomic E-state index is 0.0379. The van der Waals surface area contributed by atoms with E-state index in [-0.39, 0.29) is 17.0 Å². The predicted molar refractivity (Wildman–Crippen MR) is 73.2 cm³/mol. The molecule has 2 N–H and O–H groups in total. The lowest BCUT2D eigenvalue weighted by Crippen LogP contribution is -2.41. The molecule has 0 fully saturated rings. The van der Waals surface area contributed by atoms with Crippen molar-refractivity contribution in [3.63, 3.8) is 0 Å². The van der Waals surface area contributed by atoms with E-state index in [2.05, 4.69) is 20.7 Å². The molecule has 18 heavy (non-hydrogen) atoms. The van der Waals surface area contributed by atoms with Gasteiger partial charge in [0.25, 0.3) is 0 Å². The molecule has 1 amide bonds. The number of hydrogen-bond donors (Lipinski definition) is 2. The molecule has 0 spiro atoms. The monoisotopic (exact) mass is 255 g/mol. The molecule has 0 rings (SSSR count). The summed E-state index contributed by atoms with van der Waals surface area (Å²) in [4.78, 5) is 14.4. The first-order valence-electron chi connectivity index (χ1n) is 6.24. The van der Waals surface area contributed by atoms with Crippen LogP contribution in [0.5, 0.6) is 0 Å². The van der Waals surface area contributed by atoms with Crippen molar-refractivity contribution in [3.8, 4) is 0 Å². The highest BCUT2D eigenvalue weighted by molar-refractivity contribution is 5.77. The number of amides is 1. The zero-order chi connectivity index (χ0) is 14.2. The fourth-order valence-electron chi connectivity index (χ4n) is 1.47. The van der Waals surface area contributed by atoms with Gasteiger partial charge in [-0.3, -0.25) is 4.79 Å². The average molecular weight is 255 g/mol. The van der Waals surface area contributed by atoms with Crippen LogP contribution in [0.25, 0.3) is 10.4 Å². The van der Waals surface area contributed by atoms with Gasteiger partial charge < -0.3 is 10.6 Å². The van der Waals surface area contributed by atoms with Crippen LogP contribution in [0, 0.1) is 0 Å². The first-order valence-corrected chi connectivity index (χ1v) is 6.24. The molecule has 0 radical (unpaired) electrons. The van der Waals surface area contributed by atoms with E-state index < -0.39 is 0 Å². The quantitative estimate of drug-likeness (QED) is 0.302. The van der Waals surface area contributed by atoms with E-state index in [1.54, 1.807) is 0 Å². The standard InChI is InChI=1S/C12H25N5O/c1-11(2,16-17-13)7-6-8-15-10(18)9-12(3,4)14-5/h14H,6-9H2,1-5H3,(H,15,18). The number of hydrogen-bond acceptors (Lipinski definition) is 3. The van der Waals surface area contributed by atoms with Gasteiger partial charge >= 0.3 is 0 Å². The lowest BCUT2D eigenvalue weighted by atomic mass is 9.99. The minimum atomic E-state index is -0.385. The van der Waals surface area contributed by atoms with E-state index in [9.17, 15) is 4.79 Å². The third kappa shape index (κ3) is 7.92. The van der Waals surface area contributed by atoms with E-state index in [1.807, 2.05) is 34.7 Å². The highest BCUT2D eigenvalue weighted by Crippen LogP contribution is 2.16. The molecular weight excluding hydrogens is 230 g/mol. The number of rotatable bonds is 8. The van der Waals surface area contributed by atoms with Crippen molar-refractivity contribution in [3.05, 3.63) is 10.4 Å². The van der Waals surface area contributed by atoms with Crippen LogP contribution in [0.15, 0.2) is 5.11 Å². The van der Waals surface area contributed by atoms with E-state index in [1.165, 1.54) is 0 Å². The van der Waals surface area contributed by atoms with Gasteiger partial charge in [-0.1, -0.05) is 19.0 Å². The Bertz CT molecular complexity index is 318. The Morgan fingerprint density at radius 1 is 1.33 bits per heavy atom. The highest BCUT2D eigenvalue weighted by Gasteiger charge is 2.19. The van der Waals surface area contributed by atoms with Crippen LogP contribution in [0.2, 0.25) is 0 Å². The van der Waals surface area contributed by atoms with Gasteiger partial charge in [-0.2, -0.15) is 0 Å². The largest absolute Gasteiger partial charge is 0.356 e. The summed E-state index contributed by atoms with van der Waals surface area (Å²) in [5.41, 5.74) is 7.81. The summed E-state index contributed by atoms with van der Waals surface area (Å²) in [7, 11) is 1.84. The maximum absolute atomic E-state index is 11.6. The number of nitrogens with zero attached hydrogens (tertiary/aromatic N) is 3. The number of azide groups is 1. The first-order chi connectivity index (χ1) is 8.22. The summed E-state index contributed by atoms with van der Waals surface area (Å²) < 4.78 is 0. The lowest BCUT2D eigenvalue weighted by molar-refractivity contribution is -0.122. The van der Waals surface area contributed by atoms with Crippen LogP contribution in [0.1, 0.15) is 47.0 Å². The summed E-state index contributed by atoms with van der Waals surface area (Å²) in [5.74, 6) is 0.0379.